The lowest BCUT2D eigenvalue weighted by Gasteiger charge is -2.36. The highest BCUT2D eigenvalue weighted by atomic mass is 16.5. The Kier molecular flexibility index (Phi) is 1.82. The molecule has 1 spiro atoms. The van der Waals surface area contributed by atoms with Crippen molar-refractivity contribution in [3.05, 3.63) is 65.4 Å². The number of hydrogen-bond donors (Lipinski definition) is 0. The maximum atomic E-state index is 9.70. The predicted molar refractivity (Wildman–Crippen MR) is 79.6 cm³/mol. The lowest BCUT2D eigenvalue weighted by atomic mass is 9.92. The zero-order valence-electron chi connectivity index (χ0n) is 11.3. The van der Waals surface area contributed by atoms with Gasteiger partial charge in [-0.2, -0.15) is 5.26 Å². The van der Waals surface area contributed by atoms with Gasteiger partial charge in [0.2, 0.25) is 0 Å². The third-order valence-corrected chi connectivity index (χ3v) is 4.69. The van der Waals surface area contributed by atoms with Gasteiger partial charge in [-0.25, -0.2) is 0 Å². The first-order chi connectivity index (χ1) is 10.3. The van der Waals surface area contributed by atoms with E-state index in [9.17, 15) is 5.26 Å². The van der Waals surface area contributed by atoms with Crippen molar-refractivity contribution in [1.29, 1.82) is 5.26 Å². The van der Waals surface area contributed by atoms with E-state index in [-0.39, 0.29) is 0 Å². The minimum absolute atomic E-state index is 0.432. The average molecular weight is 272 g/mol. The molecule has 3 aliphatic rings. The Morgan fingerprint density at radius 3 is 2.76 bits per heavy atom. The van der Waals surface area contributed by atoms with Crippen molar-refractivity contribution in [3.8, 4) is 11.8 Å². The summed E-state index contributed by atoms with van der Waals surface area (Å²) < 4.78 is 6.38. The zero-order chi connectivity index (χ0) is 14.0. The molecular weight excluding hydrogens is 260 g/mol. The summed E-state index contributed by atoms with van der Waals surface area (Å²) in [5.74, 6) is 0.891. The Bertz CT molecular complexity index is 862. The van der Waals surface area contributed by atoms with Gasteiger partial charge in [-0.1, -0.05) is 36.4 Å². The molecule has 0 fully saturated rings. The van der Waals surface area contributed by atoms with Crippen LogP contribution in [0.25, 0.3) is 5.57 Å². The van der Waals surface area contributed by atoms with Crippen LogP contribution < -0.4 is 9.64 Å². The minimum Gasteiger partial charge on any atom is -0.466 e. The molecule has 2 aromatic rings. The lowest BCUT2D eigenvalue weighted by Crippen LogP contribution is -2.48. The largest absolute Gasteiger partial charge is 0.466 e. The first kappa shape index (κ1) is 11.0. The summed E-state index contributed by atoms with van der Waals surface area (Å²) in [4.78, 5) is 2.11. The number of hydrogen-bond acceptors (Lipinski definition) is 3. The van der Waals surface area contributed by atoms with Gasteiger partial charge in [-0.3, -0.25) is 4.90 Å². The van der Waals surface area contributed by atoms with Gasteiger partial charge < -0.3 is 4.74 Å². The van der Waals surface area contributed by atoms with Crippen molar-refractivity contribution in [2.24, 2.45) is 0 Å². The highest BCUT2D eigenvalue weighted by Gasteiger charge is 2.56. The fraction of sp³-hybridized carbons (Fsp3) is 0.167. The van der Waals surface area contributed by atoms with Crippen molar-refractivity contribution in [3.63, 3.8) is 0 Å². The van der Waals surface area contributed by atoms with Crippen molar-refractivity contribution in [2.75, 3.05) is 4.90 Å². The Labute approximate surface area is 122 Å². The fourth-order valence-corrected chi connectivity index (χ4v) is 3.90. The molecule has 3 aliphatic heterocycles. The maximum absolute atomic E-state index is 9.70. The van der Waals surface area contributed by atoms with Crippen LogP contribution in [0.15, 0.2) is 54.2 Å². The summed E-state index contributed by atoms with van der Waals surface area (Å²) >= 11 is 0. The quantitative estimate of drug-likeness (QED) is 0.736. The van der Waals surface area contributed by atoms with E-state index >= 15 is 0 Å². The third kappa shape index (κ3) is 1.19. The normalized spacial score (nSPS) is 24.0. The molecule has 0 saturated carbocycles. The van der Waals surface area contributed by atoms with Crippen molar-refractivity contribution in [2.45, 2.75) is 18.6 Å². The Morgan fingerprint density at radius 1 is 1.05 bits per heavy atom. The topological polar surface area (TPSA) is 36.3 Å². The number of rotatable bonds is 0. The average Bonchev–Trinajstić information content (AvgIpc) is 2.94. The summed E-state index contributed by atoms with van der Waals surface area (Å²) in [7, 11) is 0. The van der Waals surface area contributed by atoms with E-state index in [1.807, 2.05) is 36.4 Å². The SMILES string of the molecule is N#CC1=C2CC3(Cc4ccccc4N13)Oc1ccccc12. The molecule has 5 rings (SSSR count). The second-order valence-electron chi connectivity index (χ2n) is 5.80. The number of para-hydroxylation sites is 2. The van der Waals surface area contributed by atoms with E-state index in [1.54, 1.807) is 0 Å². The molecule has 3 heterocycles. The summed E-state index contributed by atoms with van der Waals surface area (Å²) in [6, 6.07) is 18.7. The fourth-order valence-electron chi connectivity index (χ4n) is 3.90. The van der Waals surface area contributed by atoms with Gasteiger partial charge in [-0.05, 0) is 17.7 Å². The van der Waals surface area contributed by atoms with Crippen LogP contribution >= 0.6 is 0 Å². The smallest absolute Gasteiger partial charge is 0.196 e. The molecule has 0 aromatic heterocycles. The van der Waals surface area contributed by atoms with Crippen LogP contribution in [0.5, 0.6) is 5.75 Å². The van der Waals surface area contributed by atoms with E-state index in [4.69, 9.17) is 4.74 Å². The van der Waals surface area contributed by atoms with E-state index in [0.29, 0.717) is 0 Å². The van der Waals surface area contributed by atoms with Gasteiger partial charge in [0.1, 0.15) is 17.5 Å². The number of ether oxygens (including phenoxy) is 1. The Morgan fingerprint density at radius 2 is 1.86 bits per heavy atom. The molecule has 2 bridgehead atoms. The van der Waals surface area contributed by atoms with Gasteiger partial charge in [0.05, 0.1) is 0 Å². The van der Waals surface area contributed by atoms with Crippen LogP contribution in [0.2, 0.25) is 0 Å². The molecule has 0 radical (unpaired) electrons. The summed E-state index contributed by atoms with van der Waals surface area (Å²) in [6.07, 6.45) is 1.60. The number of nitriles is 1. The van der Waals surface area contributed by atoms with Gasteiger partial charge >= 0.3 is 0 Å². The molecule has 0 aliphatic carbocycles. The molecule has 0 saturated heterocycles. The standard InChI is InChI=1S/C18H12N2O/c19-11-16-14-10-18(21-17-8-4-2-6-13(14)17)9-12-5-1-3-7-15(12)20(16)18/h1-8H,9-10H2. The number of allylic oxidation sites excluding steroid dienone is 1. The molecule has 0 N–H and O–H groups in total. The molecule has 1 unspecified atom stereocenters. The summed E-state index contributed by atoms with van der Waals surface area (Å²) in [6.45, 7) is 0. The number of fused-ring (bicyclic) bond motifs is 5. The lowest BCUT2D eigenvalue weighted by molar-refractivity contribution is 0.0887. The van der Waals surface area contributed by atoms with Crippen LogP contribution in [0.1, 0.15) is 17.5 Å². The maximum Gasteiger partial charge on any atom is 0.196 e. The molecule has 100 valence electrons. The molecule has 0 amide bonds. The van der Waals surface area contributed by atoms with E-state index in [2.05, 4.69) is 23.1 Å². The van der Waals surface area contributed by atoms with Crippen LogP contribution in [0, 0.1) is 11.3 Å². The Balaban J connectivity index is 1.82. The van der Waals surface area contributed by atoms with E-state index < -0.39 is 5.72 Å². The van der Waals surface area contributed by atoms with Crippen LogP contribution in [0.3, 0.4) is 0 Å². The van der Waals surface area contributed by atoms with Gasteiger partial charge in [0.25, 0.3) is 0 Å². The van der Waals surface area contributed by atoms with Crippen LogP contribution in [0.4, 0.5) is 5.69 Å². The van der Waals surface area contributed by atoms with Crippen LogP contribution in [-0.2, 0) is 6.42 Å². The monoisotopic (exact) mass is 272 g/mol. The Hall–Kier alpha value is -2.73. The number of anilines is 1. The van der Waals surface area contributed by atoms with Crippen molar-refractivity contribution in [1.82, 2.24) is 0 Å². The van der Waals surface area contributed by atoms with Crippen molar-refractivity contribution >= 4 is 11.3 Å². The molecule has 3 heteroatoms. The van der Waals surface area contributed by atoms with Crippen LogP contribution in [-0.4, -0.2) is 5.72 Å². The van der Waals surface area contributed by atoms with Gasteiger partial charge in [0, 0.05) is 29.7 Å². The number of benzene rings is 2. The van der Waals surface area contributed by atoms with E-state index in [1.165, 1.54) is 5.56 Å². The first-order valence-corrected chi connectivity index (χ1v) is 7.12. The second-order valence-corrected chi connectivity index (χ2v) is 5.80. The number of nitrogens with zero attached hydrogens (tertiary/aromatic N) is 2. The minimum atomic E-state index is -0.432. The molecule has 2 aromatic carbocycles. The highest BCUT2D eigenvalue weighted by Crippen LogP contribution is 2.56. The van der Waals surface area contributed by atoms with Crippen molar-refractivity contribution < 1.29 is 4.74 Å². The molecule has 3 nitrogen and oxygen atoms in total. The second kappa shape index (κ2) is 3.48. The highest BCUT2D eigenvalue weighted by molar-refractivity contribution is 5.88. The summed E-state index contributed by atoms with van der Waals surface area (Å²) in [5.41, 5.74) is 4.85. The zero-order valence-corrected chi connectivity index (χ0v) is 11.3. The third-order valence-electron chi connectivity index (χ3n) is 4.69. The molecular formula is C18H12N2O. The van der Waals surface area contributed by atoms with Gasteiger partial charge in [-0.15, -0.1) is 0 Å². The van der Waals surface area contributed by atoms with E-state index in [0.717, 1.165) is 41.1 Å². The summed E-state index contributed by atoms with van der Waals surface area (Å²) in [5, 5.41) is 9.70. The predicted octanol–water partition coefficient (Wildman–Crippen LogP) is 3.48. The molecule has 1 atom stereocenters. The first-order valence-electron chi connectivity index (χ1n) is 7.12. The molecule has 21 heavy (non-hydrogen) atoms. The van der Waals surface area contributed by atoms with Gasteiger partial charge in [0.15, 0.2) is 5.72 Å².